The summed E-state index contributed by atoms with van der Waals surface area (Å²) in [5, 5.41) is 0. The number of hydrogen-bond acceptors (Lipinski definition) is 1. The molecule has 0 fully saturated rings. The van der Waals surface area contributed by atoms with Crippen LogP contribution in [0.3, 0.4) is 0 Å². The van der Waals surface area contributed by atoms with Crippen LogP contribution < -0.4 is 0 Å². The molecule has 0 aromatic heterocycles. The van der Waals surface area contributed by atoms with Crippen LogP contribution in [0.15, 0.2) is 0 Å². The number of alkyl halides is 1. The highest BCUT2D eigenvalue weighted by atomic mass is 127. The molecule has 0 aromatic carbocycles. The second-order valence-electron chi connectivity index (χ2n) is 1.29. The van der Waals surface area contributed by atoms with Crippen molar-refractivity contribution >= 4 is 22.6 Å². The highest BCUT2D eigenvalue weighted by Crippen LogP contribution is 1.85. The Morgan fingerprint density at radius 2 is 2.17 bits per heavy atom. The molecule has 0 aliphatic carbocycles. The van der Waals surface area contributed by atoms with Crippen LogP contribution in [0.2, 0.25) is 0 Å². The minimum Gasteiger partial charge on any atom is -0.298 e. The van der Waals surface area contributed by atoms with Gasteiger partial charge in [0.25, 0.3) is 0 Å². The first-order chi connectivity index (χ1) is 2.81. The summed E-state index contributed by atoms with van der Waals surface area (Å²) in [4.78, 5) is 2.24. The summed E-state index contributed by atoms with van der Waals surface area (Å²) < 4.78 is 1.13. The first-order valence-electron chi connectivity index (χ1n) is 2.05. The first-order valence-corrected chi connectivity index (χ1v) is 3.58. The summed E-state index contributed by atoms with van der Waals surface area (Å²) in [5.41, 5.74) is 0. The van der Waals surface area contributed by atoms with E-state index in [4.69, 9.17) is 0 Å². The molecule has 2 heteroatoms. The fraction of sp³-hybridized carbons (Fsp3) is 1.00. The molecule has 0 aromatic rings. The second-order valence-corrected chi connectivity index (χ2v) is 1.97. The molecule has 0 aliphatic rings. The summed E-state index contributed by atoms with van der Waals surface area (Å²) in [7, 11) is 2.10. The third kappa shape index (κ3) is 2.90. The number of halogens is 1. The molecule has 38 valence electrons. The van der Waals surface area contributed by atoms with Crippen LogP contribution in [0.1, 0.15) is 6.92 Å². The van der Waals surface area contributed by atoms with Crippen LogP contribution in [0.4, 0.5) is 0 Å². The molecule has 0 spiro atoms. The quantitative estimate of drug-likeness (QED) is 0.368. The smallest absolute Gasteiger partial charge is 0.0502 e. The molecule has 0 aliphatic heterocycles. The van der Waals surface area contributed by atoms with Crippen molar-refractivity contribution in [1.29, 1.82) is 0 Å². The van der Waals surface area contributed by atoms with E-state index in [2.05, 4.69) is 41.5 Å². The van der Waals surface area contributed by atoms with Gasteiger partial charge in [-0.05, 0) is 13.6 Å². The lowest BCUT2D eigenvalue weighted by Crippen LogP contribution is -2.13. The maximum absolute atomic E-state index is 2.34. The maximum atomic E-state index is 2.34. The highest BCUT2D eigenvalue weighted by Gasteiger charge is 1.83. The molecular formula is C4H10IN. The monoisotopic (exact) mass is 199 g/mol. The lowest BCUT2D eigenvalue weighted by atomic mass is 10.7. The second kappa shape index (κ2) is 3.87. The SMILES string of the molecule is CCN(C)CI. The Labute approximate surface area is 52.9 Å². The zero-order valence-corrected chi connectivity index (χ0v) is 6.40. The van der Waals surface area contributed by atoms with E-state index in [9.17, 15) is 0 Å². The van der Waals surface area contributed by atoms with Gasteiger partial charge in [-0.15, -0.1) is 0 Å². The third-order valence-corrected chi connectivity index (χ3v) is 1.91. The van der Waals surface area contributed by atoms with Crippen molar-refractivity contribution in [2.24, 2.45) is 0 Å². The van der Waals surface area contributed by atoms with Gasteiger partial charge in [0, 0.05) is 0 Å². The van der Waals surface area contributed by atoms with Gasteiger partial charge >= 0.3 is 0 Å². The molecule has 0 unspecified atom stereocenters. The van der Waals surface area contributed by atoms with E-state index in [1.165, 1.54) is 0 Å². The van der Waals surface area contributed by atoms with Crippen molar-refractivity contribution in [1.82, 2.24) is 4.90 Å². The molecule has 1 nitrogen and oxygen atoms in total. The summed E-state index contributed by atoms with van der Waals surface area (Å²) in [5.74, 6) is 0. The molecule has 0 amide bonds. The number of nitrogens with zero attached hydrogens (tertiary/aromatic N) is 1. The molecule has 0 saturated carbocycles. The molecule has 0 radical (unpaired) electrons. The summed E-state index contributed by atoms with van der Waals surface area (Å²) in [6.07, 6.45) is 0. The van der Waals surface area contributed by atoms with E-state index in [1.807, 2.05) is 0 Å². The van der Waals surface area contributed by atoms with Gasteiger partial charge in [-0.25, -0.2) is 0 Å². The highest BCUT2D eigenvalue weighted by molar-refractivity contribution is 14.1. The van der Waals surface area contributed by atoms with E-state index in [0.29, 0.717) is 0 Å². The molecule has 0 saturated heterocycles. The van der Waals surface area contributed by atoms with E-state index >= 15 is 0 Å². The number of hydrogen-bond donors (Lipinski definition) is 0. The predicted molar refractivity (Wildman–Crippen MR) is 37.2 cm³/mol. The predicted octanol–water partition coefficient (Wildman–Crippen LogP) is 1.33. The molecular weight excluding hydrogens is 189 g/mol. The average molecular weight is 199 g/mol. The van der Waals surface area contributed by atoms with E-state index < -0.39 is 0 Å². The van der Waals surface area contributed by atoms with Gasteiger partial charge in [-0.3, -0.25) is 4.90 Å². The zero-order valence-electron chi connectivity index (χ0n) is 4.24. The average Bonchev–Trinajstić information content (AvgIpc) is 1.65. The lowest BCUT2D eigenvalue weighted by Gasteiger charge is -2.05. The van der Waals surface area contributed by atoms with Gasteiger partial charge in [0.2, 0.25) is 0 Å². The third-order valence-electron chi connectivity index (χ3n) is 0.744. The van der Waals surface area contributed by atoms with Crippen molar-refractivity contribution in [3.05, 3.63) is 0 Å². The van der Waals surface area contributed by atoms with Crippen LogP contribution in [0, 0.1) is 0 Å². The fourth-order valence-electron chi connectivity index (χ4n) is 0.0845. The Hall–Kier alpha value is 0.690. The Kier molecular flexibility index (Phi) is 4.31. The Morgan fingerprint density at radius 3 is 2.17 bits per heavy atom. The van der Waals surface area contributed by atoms with Gasteiger partial charge < -0.3 is 0 Å². The summed E-state index contributed by atoms with van der Waals surface area (Å²) in [6, 6.07) is 0. The van der Waals surface area contributed by atoms with Crippen molar-refractivity contribution in [3.63, 3.8) is 0 Å². The van der Waals surface area contributed by atoms with E-state index in [0.717, 1.165) is 11.1 Å². The molecule has 0 N–H and O–H groups in total. The minimum absolute atomic E-state index is 1.13. The molecule has 0 bridgehead atoms. The van der Waals surface area contributed by atoms with Gasteiger partial charge in [-0.1, -0.05) is 29.5 Å². The van der Waals surface area contributed by atoms with Crippen molar-refractivity contribution in [2.45, 2.75) is 6.92 Å². The molecule has 0 heterocycles. The Morgan fingerprint density at radius 1 is 1.67 bits per heavy atom. The van der Waals surface area contributed by atoms with Gasteiger partial charge in [0.05, 0.1) is 4.55 Å². The molecule has 0 atom stereocenters. The van der Waals surface area contributed by atoms with Crippen LogP contribution in [0.25, 0.3) is 0 Å². The largest absolute Gasteiger partial charge is 0.298 e. The molecule has 0 rings (SSSR count). The topological polar surface area (TPSA) is 3.24 Å². The first kappa shape index (κ1) is 6.69. The maximum Gasteiger partial charge on any atom is 0.0502 e. The van der Waals surface area contributed by atoms with Gasteiger partial charge in [0.1, 0.15) is 0 Å². The fourth-order valence-corrected chi connectivity index (χ4v) is 0.567. The standard InChI is InChI=1S/C4H10IN/c1-3-6(2)4-5/h3-4H2,1-2H3. The van der Waals surface area contributed by atoms with Crippen molar-refractivity contribution in [2.75, 3.05) is 18.1 Å². The minimum atomic E-state index is 1.13. The van der Waals surface area contributed by atoms with Crippen molar-refractivity contribution in [3.8, 4) is 0 Å². The van der Waals surface area contributed by atoms with Crippen LogP contribution in [0.5, 0.6) is 0 Å². The normalized spacial score (nSPS) is 10.0. The van der Waals surface area contributed by atoms with E-state index in [-0.39, 0.29) is 0 Å². The number of rotatable bonds is 2. The van der Waals surface area contributed by atoms with Gasteiger partial charge in [-0.2, -0.15) is 0 Å². The van der Waals surface area contributed by atoms with Crippen LogP contribution in [-0.4, -0.2) is 23.0 Å². The van der Waals surface area contributed by atoms with E-state index in [1.54, 1.807) is 0 Å². The van der Waals surface area contributed by atoms with Crippen LogP contribution >= 0.6 is 22.6 Å². The summed E-state index contributed by atoms with van der Waals surface area (Å²) >= 11 is 2.34. The Bertz CT molecular complexity index is 26.7. The van der Waals surface area contributed by atoms with Crippen LogP contribution in [-0.2, 0) is 0 Å². The van der Waals surface area contributed by atoms with Gasteiger partial charge in [0.15, 0.2) is 0 Å². The molecule has 6 heavy (non-hydrogen) atoms. The zero-order chi connectivity index (χ0) is 4.99. The summed E-state index contributed by atoms with van der Waals surface area (Å²) in [6.45, 7) is 3.31. The van der Waals surface area contributed by atoms with Crippen molar-refractivity contribution < 1.29 is 0 Å². The lowest BCUT2D eigenvalue weighted by molar-refractivity contribution is 0.425. The Balaban J connectivity index is 2.75.